The number of halogens is 4. The highest BCUT2D eigenvalue weighted by atomic mass is 35.5. The van der Waals surface area contributed by atoms with Crippen molar-refractivity contribution in [3.05, 3.63) is 29.3 Å². The molecule has 1 unspecified atom stereocenters. The lowest BCUT2D eigenvalue weighted by atomic mass is 10.2. The van der Waals surface area contributed by atoms with E-state index >= 15 is 0 Å². The summed E-state index contributed by atoms with van der Waals surface area (Å²) in [6.45, 7) is 0.119. The van der Waals surface area contributed by atoms with E-state index < -0.39 is 30.5 Å². The molecule has 0 aliphatic carbocycles. The molecule has 0 radical (unpaired) electrons. The van der Waals surface area contributed by atoms with Crippen LogP contribution in [-0.2, 0) is 9.59 Å². The van der Waals surface area contributed by atoms with Crippen LogP contribution in [0.25, 0.3) is 0 Å². The molecule has 0 aliphatic rings. The number of aliphatic carboxylic acids is 1. The van der Waals surface area contributed by atoms with Crippen LogP contribution >= 0.6 is 11.6 Å². The Balaban J connectivity index is 2.35. The number of rotatable bonds is 8. The molecule has 0 fully saturated rings. The van der Waals surface area contributed by atoms with Crippen molar-refractivity contribution in [2.24, 2.45) is 0 Å². The second-order valence-corrected chi connectivity index (χ2v) is 5.07. The van der Waals surface area contributed by atoms with Crippen molar-refractivity contribution in [2.75, 3.05) is 6.61 Å². The van der Waals surface area contributed by atoms with Crippen LogP contribution in [0.15, 0.2) is 24.3 Å². The standard InChI is InChI=1S/C14H15ClF3NO4/c15-9-4-1-2-5-11(9)23-7-3-6-12(20)19-10(13(21)22)8-14(16,17)18/h1-2,4-5,10H,3,6-8H2,(H,19,20)(H,21,22). The van der Waals surface area contributed by atoms with Crippen molar-refractivity contribution in [3.8, 4) is 5.75 Å². The summed E-state index contributed by atoms with van der Waals surface area (Å²) in [4.78, 5) is 22.2. The Hall–Kier alpha value is -1.96. The van der Waals surface area contributed by atoms with Crippen LogP contribution in [0.1, 0.15) is 19.3 Å². The fraction of sp³-hybridized carbons (Fsp3) is 0.429. The molecule has 0 aliphatic heterocycles. The first-order valence-corrected chi connectivity index (χ1v) is 7.03. The zero-order chi connectivity index (χ0) is 17.5. The van der Waals surface area contributed by atoms with Gasteiger partial charge in [0.15, 0.2) is 0 Å². The van der Waals surface area contributed by atoms with Gasteiger partial charge in [-0.3, -0.25) is 4.79 Å². The van der Waals surface area contributed by atoms with Crippen molar-refractivity contribution >= 4 is 23.5 Å². The van der Waals surface area contributed by atoms with E-state index in [4.69, 9.17) is 21.4 Å². The molecule has 1 aromatic rings. The van der Waals surface area contributed by atoms with E-state index in [-0.39, 0.29) is 19.4 Å². The molecule has 0 heterocycles. The SMILES string of the molecule is O=C(CCCOc1ccccc1Cl)NC(CC(F)(F)F)C(=O)O. The zero-order valence-electron chi connectivity index (χ0n) is 11.9. The van der Waals surface area contributed by atoms with Gasteiger partial charge in [0.2, 0.25) is 5.91 Å². The molecule has 0 aromatic heterocycles. The van der Waals surface area contributed by atoms with Gasteiger partial charge in [-0.05, 0) is 18.6 Å². The van der Waals surface area contributed by atoms with Gasteiger partial charge < -0.3 is 15.2 Å². The molecule has 23 heavy (non-hydrogen) atoms. The lowest BCUT2D eigenvalue weighted by molar-refractivity contribution is -0.160. The monoisotopic (exact) mass is 353 g/mol. The number of carboxylic acids is 1. The fourth-order valence-corrected chi connectivity index (χ4v) is 1.86. The third-order valence-electron chi connectivity index (χ3n) is 2.71. The Morgan fingerprint density at radius 3 is 2.52 bits per heavy atom. The minimum atomic E-state index is -4.68. The zero-order valence-corrected chi connectivity index (χ0v) is 12.7. The Morgan fingerprint density at radius 2 is 1.96 bits per heavy atom. The number of amides is 1. The maximum absolute atomic E-state index is 12.2. The largest absolute Gasteiger partial charge is 0.492 e. The van der Waals surface area contributed by atoms with Crippen molar-refractivity contribution in [1.29, 1.82) is 0 Å². The first kappa shape index (κ1) is 19.1. The van der Waals surface area contributed by atoms with Crippen molar-refractivity contribution in [3.63, 3.8) is 0 Å². The van der Waals surface area contributed by atoms with E-state index in [2.05, 4.69) is 0 Å². The van der Waals surface area contributed by atoms with Gasteiger partial charge in [0.25, 0.3) is 0 Å². The van der Waals surface area contributed by atoms with Crippen LogP contribution in [0.3, 0.4) is 0 Å². The van der Waals surface area contributed by atoms with E-state index in [1.807, 2.05) is 5.32 Å². The van der Waals surface area contributed by atoms with Crippen molar-refractivity contribution < 1.29 is 32.6 Å². The maximum atomic E-state index is 12.2. The summed E-state index contributed by atoms with van der Waals surface area (Å²) in [7, 11) is 0. The molecule has 0 spiro atoms. The number of ether oxygens (including phenoxy) is 1. The number of benzene rings is 1. The summed E-state index contributed by atoms with van der Waals surface area (Å²) in [5.41, 5.74) is 0. The Kier molecular flexibility index (Phi) is 7.15. The Labute approximate surface area is 135 Å². The average Bonchev–Trinajstić information content (AvgIpc) is 2.43. The highest BCUT2D eigenvalue weighted by Gasteiger charge is 2.36. The van der Waals surface area contributed by atoms with Crippen molar-refractivity contribution in [1.82, 2.24) is 5.32 Å². The lowest BCUT2D eigenvalue weighted by Crippen LogP contribution is -2.43. The average molecular weight is 354 g/mol. The number of hydrogen-bond acceptors (Lipinski definition) is 3. The number of carbonyl (C=O) groups excluding carboxylic acids is 1. The molecule has 5 nitrogen and oxygen atoms in total. The predicted molar refractivity (Wildman–Crippen MR) is 76.4 cm³/mol. The Morgan fingerprint density at radius 1 is 1.30 bits per heavy atom. The summed E-state index contributed by atoms with van der Waals surface area (Å²) in [6.07, 6.45) is -6.25. The normalized spacial score (nSPS) is 12.5. The fourth-order valence-electron chi connectivity index (χ4n) is 1.67. The second kappa shape index (κ2) is 8.61. The van der Waals surface area contributed by atoms with Crippen LogP contribution in [0.5, 0.6) is 5.75 Å². The highest BCUT2D eigenvalue weighted by Crippen LogP contribution is 2.23. The number of carbonyl (C=O) groups is 2. The molecule has 0 saturated carbocycles. The highest BCUT2D eigenvalue weighted by molar-refractivity contribution is 6.32. The number of alkyl halides is 3. The van der Waals surface area contributed by atoms with Crippen LogP contribution in [0.4, 0.5) is 13.2 Å². The molecule has 1 rings (SSSR count). The molecule has 128 valence electrons. The molecule has 9 heteroatoms. The smallest absolute Gasteiger partial charge is 0.391 e. The number of hydrogen-bond donors (Lipinski definition) is 2. The molecule has 0 saturated heterocycles. The van der Waals surface area contributed by atoms with Gasteiger partial charge in [-0.25, -0.2) is 4.79 Å². The minimum Gasteiger partial charge on any atom is -0.492 e. The molecule has 1 amide bonds. The maximum Gasteiger partial charge on any atom is 0.391 e. The van der Waals surface area contributed by atoms with E-state index in [0.717, 1.165) is 0 Å². The minimum absolute atomic E-state index is 0.119. The van der Waals surface area contributed by atoms with Gasteiger partial charge in [-0.15, -0.1) is 0 Å². The first-order valence-electron chi connectivity index (χ1n) is 6.65. The Bertz CT molecular complexity index is 551. The molecular weight excluding hydrogens is 339 g/mol. The summed E-state index contributed by atoms with van der Waals surface area (Å²) in [5.74, 6) is -2.09. The van der Waals surface area contributed by atoms with Gasteiger partial charge in [0.05, 0.1) is 18.1 Å². The molecule has 1 atom stereocenters. The quantitative estimate of drug-likeness (QED) is 0.704. The summed E-state index contributed by atoms with van der Waals surface area (Å²) < 4.78 is 41.9. The summed E-state index contributed by atoms with van der Waals surface area (Å²) in [6, 6.07) is 4.69. The van der Waals surface area contributed by atoms with Crippen LogP contribution in [0.2, 0.25) is 5.02 Å². The predicted octanol–water partition coefficient (Wildman–Crippen LogP) is 3.02. The van der Waals surface area contributed by atoms with Gasteiger partial charge >= 0.3 is 12.1 Å². The first-order chi connectivity index (χ1) is 10.7. The van der Waals surface area contributed by atoms with Crippen LogP contribution in [0, 0.1) is 0 Å². The molecular formula is C14H15ClF3NO4. The third-order valence-corrected chi connectivity index (χ3v) is 3.02. The van der Waals surface area contributed by atoms with Gasteiger partial charge in [-0.1, -0.05) is 23.7 Å². The van der Waals surface area contributed by atoms with Gasteiger partial charge in [-0.2, -0.15) is 13.2 Å². The number of para-hydroxylation sites is 1. The summed E-state index contributed by atoms with van der Waals surface area (Å²) >= 11 is 5.85. The van der Waals surface area contributed by atoms with Gasteiger partial charge in [0, 0.05) is 6.42 Å². The lowest BCUT2D eigenvalue weighted by Gasteiger charge is -2.16. The van der Waals surface area contributed by atoms with E-state index in [1.165, 1.54) is 0 Å². The number of carboxylic acid groups (broad SMARTS) is 1. The van der Waals surface area contributed by atoms with Crippen LogP contribution in [-0.4, -0.2) is 35.8 Å². The molecule has 0 bridgehead atoms. The third kappa shape index (κ3) is 7.73. The molecule has 1 aromatic carbocycles. The topological polar surface area (TPSA) is 75.6 Å². The summed E-state index contributed by atoms with van der Waals surface area (Å²) in [5, 5.41) is 10.9. The van der Waals surface area contributed by atoms with Crippen LogP contribution < -0.4 is 10.1 Å². The second-order valence-electron chi connectivity index (χ2n) is 4.66. The van der Waals surface area contributed by atoms with Crippen molar-refractivity contribution in [2.45, 2.75) is 31.5 Å². The van der Waals surface area contributed by atoms with E-state index in [1.54, 1.807) is 24.3 Å². The van der Waals surface area contributed by atoms with Gasteiger partial charge in [0.1, 0.15) is 11.8 Å². The van der Waals surface area contributed by atoms with E-state index in [0.29, 0.717) is 10.8 Å². The van der Waals surface area contributed by atoms with E-state index in [9.17, 15) is 22.8 Å². The molecule has 2 N–H and O–H groups in total. The number of nitrogens with one attached hydrogen (secondary N) is 1.